The van der Waals surface area contributed by atoms with Gasteiger partial charge in [-0.3, -0.25) is 9.59 Å². The second-order valence-electron chi connectivity index (χ2n) is 8.41. The number of carbonyl (C=O) groups excluding carboxylic acids is 2. The molecule has 0 atom stereocenters. The molecule has 32 heavy (non-hydrogen) atoms. The number of aromatic hydroxyl groups is 1. The summed E-state index contributed by atoms with van der Waals surface area (Å²) in [6.07, 6.45) is 10.4. The highest BCUT2D eigenvalue weighted by Gasteiger charge is 2.52. The fourth-order valence-corrected chi connectivity index (χ4v) is 3.66. The van der Waals surface area contributed by atoms with E-state index in [1.807, 2.05) is 13.0 Å². The van der Waals surface area contributed by atoms with Crippen LogP contribution in [0.25, 0.3) is 5.57 Å². The van der Waals surface area contributed by atoms with Crippen molar-refractivity contribution in [1.29, 1.82) is 0 Å². The zero-order valence-corrected chi connectivity index (χ0v) is 18.9. The van der Waals surface area contributed by atoms with Crippen LogP contribution in [0.3, 0.4) is 0 Å². The number of methoxy groups -OCH3 is 1. The summed E-state index contributed by atoms with van der Waals surface area (Å²) in [5, 5.41) is 10.3. The molecule has 0 spiro atoms. The Balaban J connectivity index is 1.86. The quantitative estimate of drug-likeness (QED) is 0.325. The molecule has 2 aliphatic carbocycles. The van der Waals surface area contributed by atoms with Gasteiger partial charge in [0.1, 0.15) is 12.0 Å². The van der Waals surface area contributed by atoms with Crippen molar-refractivity contribution in [1.82, 2.24) is 0 Å². The Morgan fingerprint density at radius 1 is 1.22 bits per heavy atom. The molecule has 1 fully saturated rings. The van der Waals surface area contributed by atoms with Crippen LogP contribution in [0, 0.1) is 5.41 Å². The van der Waals surface area contributed by atoms with Crippen molar-refractivity contribution >= 4 is 17.3 Å². The van der Waals surface area contributed by atoms with Crippen molar-refractivity contribution in [3.63, 3.8) is 0 Å². The Kier molecular flexibility index (Phi) is 7.78. The van der Waals surface area contributed by atoms with Crippen LogP contribution in [-0.2, 0) is 14.3 Å². The van der Waals surface area contributed by atoms with Gasteiger partial charge in [0.05, 0.1) is 13.7 Å². The number of ketones is 1. The van der Waals surface area contributed by atoms with Crippen molar-refractivity contribution in [3.8, 4) is 17.2 Å². The lowest BCUT2D eigenvalue weighted by Crippen LogP contribution is -2.26. The van der Waals surface area contributed by atoms with E-state index in [1.54, 1.807) is 24.3 Å². The maximum absolute atomic E-state index is 12.6. The van der Waals surface area contributed by atoms with E-state index in [4.69, 9.17) is 14.2 Å². The van der Waals surface area contributed by atoms with Gasteiger partial charge in [0.25, 0.3) is 0 Å². The summed E-state index contributed by atoms with van der Waals surface area (Å²) in [6, 6.07) is 3.34. The minimum absolute atomic E-state index is 0.0351. The van der Waals surface area contributed by atoms with E-state index in [-0.39, 0.29) is 29.9 Å². The van der Waals surface area contributed by atoms with Crippen molar-refractivity contribution in [2.24, 2.45) is 5.41 Å². The molecule has 0 amide bonds. The van der Waals surface area contributed by atoms with E-state index in [9.17, 15) is 14.7 Å². The van der Waals surface area contributed by atoms with Crippen molar-refractivity contribution in [2.75, 3.05) is 20.3 Å². The number of Topliss-reactive ketones (excluding diaryl/α,β-unsaturated/α-hetero) is 1. The van der Waals surface area contributed by atoms with Crippen LogP contribution in [0.5, 0.6) is 17.2 Å². The Labute approximate surface area is 189 Å². The SMILES string of the molecule is C=C1/C=C\C=C(\c2ccc(O)c(OC)c2OCC2(C(=O)OCCCC)CC2)CCCC1=O. The van der Waals surface area contributed by atoms with Gasteiger partial charge in [0.2, 0.25) is 5.75 Å². The molecule has 6 nitrogen and oxygen atoms in total. The van der Waals surface area contributed by atoms with Crippen LogP contribution in [0.1, 0.15) is 57.4 Å². The molecule has 0 aliphatic heterocycles. The second-order valence-corrected chi connectivity index (χ2v) is 8.41. The predicted octanol–water partition coefficient (Wildman–Crippen LogP) is 5.15. The van der Waals surface area contributed by atoms with Gasteiger partial charge in [-0.2, -0.15) is 0 Å². The lowest BCUT2D eigenvalue weighted by Gasteiger charge is -2.21. The average Bonchev–Trinajstić information content (AvgIpc) is 3.56. The molecule has 0 aromatic heterocycles. The molecule has 0 bridgehead atoms. The lowest BCUT2D eigenvalue weighted by atomic mass is 9.97. The molecular weight excluding hydrogens is 408 g/mol. The van der Waals surface area contributed by atoms with Gasteiger partial charge in [-0.15, -0.1) is 0 Å². The zero-order valence-electron chi connectivity index (χ0n) is 18.9. The number of phenols is 1. The molecule has 2 aliphatic rings. The first-order valence-electron chi connectivity index (χ1n) is 11.2. The van der Waals surface area contributed by atoms with Gasteiger partial charge in [0, 0.05) is 17.6 Å². The topological polar surface area (TPSA) is 82.1 Å². The molecule has 0 radical (unpaired) electrons. The minimum atomic E-state index is -0.641. The number of esters is 1. The molecule has 1 aromatic carbocycles. The summed E-state index contributed by atoms with van der Waals surface area (Å²) in [5.74, 6) is 0.387. The highest BCUT2D eigenvalue weighted by molar-refractivity contribution is 5.97. The van der Waals surface area contributed by atoms with Gasteiger partial charge >= 0.3 is 5.97 Å². The summed E-state index contributed by atoms with van der Waals surface area (Å²) in [7, 11) is 1.47. The Morgan fingerprint density at radius 3 is 2.69 bits per heavy atom. The third-order valence-electron chi connectivity index (χ3n) is 5.95. The maximum atomic E-state index is 12.6. The second kappa shape index (κ2) is 10.5. The largest absolute Gasteiger partial charge is 0.504 e. The molecule has 6 heteroatoms. The minimum Gasteiger partial charge on any atom is -0.504 e. The van der Waals surface area contributed by atoms with Crippen LogP contribution >= 0.6 is 0 Å². The number of carbonyl (C=O) groups is 2. The molecule has 172 valence electrons. The number of benzene rings is 1. The predicted molar refractivity (Wildman–Crippen MR) is 123 cm³/mol. The summed E-state index contributed by atoms with van der Waals surface area (Å²) in [5.41, 5.74) is 1.56. The fraction of sp³-hybridized carbons (Fsp3) is 0.462. The third-order valence-corrected chi connectivity index (χ3v) is 5.95. The number of hydrogen-bond donors (Lipinski definition) is 1. The monoisotopic (exact) mass is 440 g/mol. The Morgan fingerprint density at radius 2 is 2.00 bits per heavy atom. The van der Waals surface area contributed by atoms with Gasteiger partial charge in [-0.1, -0.05) is 38.2 Å². The van der Waals surface area contributed by atoms with Crippen molar-refractivity contribution in [2.45, 2.75) is 51.9 Å². The molecule has 1 aromatic rings. The number of ether oxygens (including phenoxy) is 3. The first-order chi connectivity index (χ1) is 15.4. The van der Waals surface area contributed by atoms with Crippen LogP contribution in [0.15, 0.2) is 42.5 Å². The van der Waals surface area contributed by atoms with Gasteiger partial charge in [-0.05, 0) is 49.8 Å². The molecule has 0 unspecified atom stereocenters. The maximum Gasteiger partial charge on any atom is 0.315 e. The first-order valence-corrected chi connectivity index (χ1v) is 11.2. The molecule has 3 rings (SSSR count). The van der Waals surface area contributed by atoms with Crippen LogP contribution in [0.2, 0.25) is 0 Å². The van der Waals surface area contributed by atoms with E-state index in [1.165, 1.54) is 7.11 Å². The molecule has 1 N–H and O–H groups in total. The van der Waals surface area contributed by atoms with Gasteiger partial charge in [-0.25, -0.2) is 0 Å². The zero-order chi connectivity index (χ0) is 23.1. The van der Waals surface area contributed by atoms with E-state index >= 15 is 0 Å². The fourth-order valence-electron chi connectivity index (χ4n) is 3.66. The number of hydrogen-bond acceptors (Lipinski definition) is 6. The van der Waals surface area contributed by atoms with Crippen LogP contribution in [-0.4, -0.2) is 37.2 Å². The average molecular weight is 441 g/mol. The van der Waals surface area contributed by atoms with Gasteiger partial charge < -0.3 is 19.3 Å². The molecule has 0 saturated heterocycles. The number of unbranched alkanes of at least 4 members (excludes halogenated alkanes) is 1. The molecular formula is C26H32O6. The van der Waals surface area contributed by atoms with Crippen LogP contribution in [0.4, 0.5) is 0 Å². The summed E-state index contributed by atoms with van der Waals surface area (Å²) >= 11 is 0. The summed E-state index contributed by atoms with van der Waals surface area (Å²) < 4.78 is 17.0. The standard InChI is InChI=1S/C26H32O6/c1-4-5-16-31-25(29)26(14-15-26)17-32-23-20(12-13-22(28)24(23)30-3)19-9-6-8-18(2)21(27)11-7-10-19/h6,8-9,12-13,28H,2,4-5,7,10-11,14-17H2,1,3H3/b8-6-,19-9+. The van der Waals surface area contributed by atoms with E-state index in [2.05, 4.69) is 6.58 Å². The van der Waals surface area contributed by atoms with Gasteiger partial charge in [0.15, 0.2) is 17.3 Å². The van der Waals surface area contributed by atoms with Crippen LogP contribution < -0.4 is 9.47 Å². The Hall–Kier alpha value is -3.02. The summed E-state index contributed by atoms with van der Waals surface area (Å²) in [4.78, 5) is 24.6. The smallest absolute Gasteiger partial charge is 0.315 e. The third kappa shape index (κ3) is 5.42. The number of phenolic OH excluding ortho intramolecular Hbond substituents is 1. The van der Waals surface area contributed by atoms with E-state index < -0.39 is 5.41 Å². The molecule has 1 saturated carbocycles. The normalized spacial score (nSPS) is 20.2. The number of rotatable bonds is 9. The lowest BCUT2D eigenvalue weighted by molar-refractivity contribution is -0.151. The molecule has 0 heterocycles. The highest BCUT2D eigenvalue weighted by atomic mass is 16.5. The highest BCUT2D eigenvalue weighted by Crippen LogP contribution is 2.49. The van der Waals surface area contributed by atoms with Crippen molar-refractivity contribution in [3.05, 3.63) is 48.1 Å². The van der Waals surface area contributed by atoms with E-state index in [0.29, 0.717) is 50.0 Å². The Bertz CT molecular complexity index is 936. The number of allylic oxidation sites excluding steroid dienone is 5. The van der Waals surface area contributed by atoms with E-state index in [0.717, 1.165) is 24.0 Å². The first kappa shape index (κ1) is 23.6. The summed E-state index contributed by atoms with van der Waals surface area (Å²) in [6.45, 7) is 6.43. The van der Waals surface area contributed by atoms with Crippen molar-refractivity contribution < 1.29 is 28.9 Å².